The van der Waals surface area contributed by atoms with Crippen molar-refractivity contribution in [3.05, 3.63) is 29.3 Å². The van der Waals surface area contributed by atoms with Gasteiger partial charge in [-0.3, -0.25) is 9.59 Å². The van der Waals surface area contributed by atoms with Crippen LogP contribution in [0.1, 0.15) is 13.3 Å². The summed E-state index contributed by atoms with van der Waals surface area (Å²) in [6.45, 7) is 1.54. The van der Waals surface area contributed by atoms with Gasteiger partial charge in [-0.15, -0.1) is 0 Å². The van der Waals surface area contributed by atoms with Gasteiger partial charge in [0.15, 0.2) is 0 Å². The molecular weight excluding hydrogens is 230 g/mol. The Balaban J connectivity index is 2.85. The monoisotopic (exact) mass is 241 g/mol. The Morgan fingerprint density at radius 3 is 2.62 bits per heavy atom. The van der Waals surface area contributed by atoms with Crippen LogP contribution in [-0.2, 0) is 9.59 Å². The third kappa shape index (κ3) is 3.55. The van der Waals surface area contributed by atoms with Gasteiger partial charge >= 0.3 is 5.97 Å². The van der Waals surface area contributed by atoms with Crippen molar-refractivity contribution >= 4 is 29.2 Å². The Hall–Kier alpha value is -1.55. The van der Waals surface area contributed by atoms with E-state index in [-0.39, 0.29) is 18.9 Å². The van der Waals surface area contributed by atoms with Crippen molar-refractivity contribution in [1.82, 2.24) is 0 Å². The van der Waals surface area contributed by atoms with Crippen LogP contribution < -0.4 is 4.90 Å². The molecule has 1 amide bonds. The van der Waals surface area contributed by atoms with Crippen LogP contribution in [0.4, 0.5) is 5.69 Å². The molecule has 1 rings (SSSR count). The average Bonchev–Trinajstić information content (AvgIpc) is 2.17. The molecule has 1 N–H and O–H groups in total. The number of carboxylic acid groups (broad SMARTS) is 1. The number of carbonyl (C=O) groups excluding carboxylic acids is 1. The fourth-order valence-corrected chi connectivity index (χ4v) is 1.50. The second-order valence-electron chi connectivity index (χ2n) is 3.29. The highest BCUT2D eigenvalue weighted by Gasteiger charge is 2.12. The number of carboxylic acids is 1. The van der Waals surface area contributed by atoms with Crippen LogP contribution in [0.5, 0.6) is 0 Å². The summed E-state index contributed by atoms with van der Waals surface area (Å²) in [5, 5.41) is 9.09. The summed E-state index contributed by atoms with van der Waals surface area (Å²) in [5.41, 5.74) is 0.612. The van der Waals surface area contributed by atoms with E-state index in [1.165, 1.54) is 11.8 Å². The lowest BCUT2D eigenvalue weighted by molar-refractivity contribution is -0.136. The molecule has 0 aromatic heterocycles. The van der Waals surface area contributed by atoms with E-state index in [4.69, 9.17) is 16.7 Å². The second-order valence-corrected chi connectivity index (χ2v) is 3.73. The largest absolute Gasteiger partial charge is 0.481 e. The molecule has 0 heterocycles. The molecule has 0 spiro atoms. The van der Waals surface area contributed by atoms with Crippen molar-refractivity contribution < 1.29 is 14.7 Å². The number of anilines is 1. The van der Waals surface area contributed by atoms with Gasteiger partial charge in [-0.1, -0.05) is 17.7 Å². The van der Waals surface area contributed by atoms with Crippen LogP contribution in [0, 0.1) is 0 Å². The van der Waals surface area contributed by atoms with Crippen molar-refractivity contribution in [2.75, 3.05) is 11.4 Å². The predicted octanol–water partition coefficient (Wildman–Crippen LogP) is 2.17. The van der Waals surface area contributed by atoms with Crippen LogP contribution in [0.2, 0.25) is 5.02 Å². The first kappa shape index (κ1) is 12.5. The Kier molecular flexibility index (Phi) is 4.31. The fraction of sp³-hybridized carbons (Fsp3) is 0.273. The number of benzene rings is 1. The molecule has 0 aliphatic rings. The number of halogens is 1. The molecule has 0 aliphatic carbocycles. The van der Waals surface area contributed by atoms with E-state index in [2.05, 4.69) is 0 Å². The number of rotatable bonds is 4. The minimum atomic E-state index is -0.937. The molecule has 0 radical (unpaired) electrons. The number of aliphatic carboxylic acids is 1. The maximum absolute atomic E-state index is 11.4. The van der Waals surface area contributed by atoms with E-state index in [1.807, 2.05) is 0 Å². The lowest BCUT2D eigenvalue weighted by atomic mass is 10.2. The van der Waals surface area contributed by atoms with Crippen molar-refractivity contribution in [2.24, 2.45) is 0 Å². The highest BCUT2D eigenvalue weighted by molar-refractivity contribution is 6.30. The summed E-state index contributed by atoms with van der Waals surface area (Å²) in [6, 6.07) is 6.76. The third-order valence-corrected chi connectivity index (χ3v) is 2.28. The quantitative estimate of drug-likeness (QED) is 0.879. The molecule has 86 valence electrons. The third-order valence-electron chi connectivity index (χ3n) is 2.05. The number of carbonyl (C=O) groups is 2. The van der Waals surface area contributed by atoms with E-state index in [9.17, 15) is 9.59 Å². The molecule has 0 bridgehead atoms. The first-order chi connectivity index (χ1) is 7.50. The van der Waals surface area contributed by atoms with Crippen molar-refractivity contribution in [3.63, 3.8) is 0 Å². The summed E-state index contributed by atoms with van der Waals surface area (Å²) >= 11 is 5.80. The average molecular weight is 242 g/mol. The van der Waals surface area contributed by atoms with Crippen LogP contribution in [0.25, 0.3) is 0 Å². The molecule has 1 aromatic carbocycles. The Bertz CT molecular complexity index is 406. The summed E-state index contributed by atoms with van der Waals surface area (Å²) in [5.74, 6) is -1.14. The first-order valence-corrected chi connectivity index (χ1v) is 5.14. The van der Waals surface area contributed by atoms with E-state index in [0.29, 0.717) is 10.7 Å². The molecule has 5 heteroatoms. The Labute approximate surface area is 98.4 Å². The summed E-state index contributed by atoms with van der Waals surface area (Å²) in [6.07, 6.45) is -0.0912. The topological polar surface area (TPSA) is 57.6 Å². The van der Waals surface area contributed by atoms with Gasteiger partial charge in [0.2, 0.25) is 5.91 Å². The zero-order valence-electron chi connectivity index (χ0n) is 8.81. The van der Waals surface area contributed by atoms with Crippen LogP contribution in [0.15, 0.2) is 24.3 Å². The molecule has 0 atom stereocenters. The van der Waals surface area contributed by atoms with Gasteiger partial charge in [-0.2, -0.15) is 0 Å². The standard InChI is InChI=1S/C11H12ClNO3/c1-8(14)13(6-5-11(15)16)10-4-2-3-9(12)7-10/h2-4,7H,5-6H2,1H3,(H,15,16). The minimum absolute atomic E-state index is 0.0912. The molecule has 0 saturated heterocycles. The van der Waals surface area contributed by atoms with E-state index in [0.717, 1.165) is 0 Å². The van der Waals surface area contributed by atoms with Gasteiger partial charge < -0.3 is 10.0 Å². The Morgan fingerprint density at radius 2 is 2.12 bits per heavy atom. The van der Waals surface area contributed by atoms with Crippen LogP contribution >= 0.6 is 11.6 Å². The highest BCUT2D eigenvalue weighted by Crippen LogP contribution is 2.19. The maximum Gasteiger partial charge on any atom is 0.305 e. The highest BCUT2D eigenvalue weighted by atomic mass is 35.5. The zero-order chi connectivity index (χ0) is 12.1. The smallest absolute Gasteiger partial charge is 0.305 e. The van der Waals surface area contributed by atoms with Gasteiger partial charge in [-0.05, 0) is 18.2 Å². The first-order valence-electron chi connectivity index (χ1n) is 4.76. The SMILES string of the molecule is CC(=O)N(CCC(=O)O)c1cccc(Cl)c1. The Morgan fingerprint density at radius 1 is 1.44 bits per heavy atom. The number of amides is 1. The molecule has 16 heavy (non-hydrogen) atoms. The zero-order valence-corrected chi connectivity index (χ0v) is 9.57. The van der Waals surface area contributed by atoms with Crippen molar-refractivity contribution in [1.29, 1.82) is 0 Å². The molecule has 0 unspecified atom stereocenters. The minimum Gasteiger partial charge on any atom is -0.481 e. The lowest BCUT2D eigenvalue weighted by Crippen LogP contribution is -2.30. The van der Waals surface area contributed by atoms with Gasteiger partial charge in [0.05, 0.1) is 6.42 Å². The second kappa shape index (κ2) is 5.51. The van der Waals surface area contributed by atoms with Gasteiger partial charge in [0, 0.05) is 24.2 Å². The summed E-state index contributed by atoms with van der Waals surface area (Å²) in [7, 11) is 0. The van der Waals surface area contributed by atoms with Gasteiger partial charge in [-0.25, -0.2) is 0 Å². The normalized spacial score (nSPS) is 9.88. The van der Waals surface area contributed by atoms with Gasteiger partial charge in [0.25, 0.3) is 0 Å². The molecule has 0 aliphatic heterocycles. The number of hydrogen-bond donors (Lipinski definition) is 1. The molecule has 0 saturated carbocycles. The van der Waals surface area contributed by atoms with E-state index in [1.54, 1.807) is 24.3 Å². The van der Waals surface area contributed by atoms with E-state index < -0.39 is 5.97 Å². The molecule has 0 fully saturated rings. The summed E-state index contributed by atoms with van der Waals surface area (Å²) in [4.78, 5) is 23.2. The number of hydrogen-bond acceptors (Lipinski definition) is 2. The maximum atomic E-state index is 11.4. The van der Waals surface area contributed by atoms with Crippen LogP contribution in [0.3, 0.4) is 0 Å². The molecule has 4 nitrogen and oxygen atoms in total. The summed E-state index contributed by atoms with van der Waals surface area (Å²) < 4.78 is 0. The fourth-order valence-electron chi connectivity index (χ4n) is 1.32. The predicted molar refractivity (Wildman–Crippen MR) is 61.7 cm³/mol. The van der Waals surface area contributed by atoms with Gasteiger partial charge in [0.1, 0.15) is 0 Å². The lowest BCUT2D eigenvalue weighted by Gasteiger charge is -2.20. The van der Waals surface area contributed by atoms with Crippen molar-refractivity contribution in [2.45, 2.75) is 13.3 Å². The van der Waals surface area contributed by atoms with E-state index >= 15 is 0 Å². The van der Waals surface area contributed by atoms with Crippen molar-refractivity contribution in [3.8, 4) is 0 Å². The molecular formula is C11H12ClNO3. The van der Waals surface area contributed by atoms with Crippen LogP contribution in [-0.4, -0.2) is 23.5 Å². The number of nitrogens with zero attached hydrogens (tertiary/aromatic N) is 1. The molecule has 1 aromatic rings.